The summed E-state index contributed by atoms with van der Waals surface area (Å²) in [6.07, 6.45) is 7.78. The molecule has 3 fully saturated rings. The molecule has 146 valence electrons. The van der Waals surface area contributed by atoms with Crippen molar-refractivity contribution >= 4 is 29.9 Å². The maximum atomic E-state index is 5.65. The van der Waals surface area contributed by atoms with Gasteiger partial charge in [0.2, 0.25) is 0 Å². The second-order valence-corrected chi connectivity index (χ2v) is 7.94. The van der Waals surface area contributed by atoms with Crippen molar-refractivity contribution in [2.24, 2.45) is 10.4 Å². The lowest BCUT2D eigenvalue weighted by atomic mass is 9.87. The minimum atomic E-state index is 0. The Balaban J connectivity index is 0.00000225. The lowest BCUT2D eigenvalue weighted by Crippen LogP contribution is -2.42. The van der Waals surface area contributed by atoms with Gasteiger partial charge in [0.25, 0.3) is 0 Å². The number of nitrogens with one attached hydrogen (secondary N) is 1. The molecule has 5 nitrogen and oxygen atoms in total. The zero-order chi connectivity index (χ0) is 16.8. The average Bonchev–Trinajstić information content (AvgIpc) is 3.22. The SMILES string of the molecule is CCNC(=NCCCN1CCCCC1C)N1CCC2(CCOC2)C1.I. The lowest BCUT2D eigenvalue weighted by Gasteiger charge is -2.33. The molecular weight excluding hydrogens is 427 g/mol. The number of hydrogen-bond acceptors (Lipinski definition) is 3. The molecule has 0 aromatic heterocycles. The maximum Gasteiger partial charge on any atom is 0.193 e. The summed E-state index contributed by atoms with van der Waals surface area (Å²) in [5.41, 5.74) is 0.402. The summed E-state index contributed by atoms with van der Waals surface area (Å²) in [7, 11) is 0. The molecule has 2 atom stereocenters. The lowest BCUT2D eigenvalue weighted by molar-refractivity contribution is 0.156. The van der Waals surface area contributed by atoms with Crippen LogP contribution in [0.4, 0.5) is 0 Å². The molecule has 6 heteroatoms. The summed E-state index contributed by atoms with van der Waals surface area (Å²) in [6, 6.07) is 0.761. The van der Waals surface area contributed by atoms with Gasteiger partial charge in [-0.2, -0.15) is 0 Å². The highest BCUT2D eigenvalue weighted by atomic mass is 127. The molecule has 2 unspecified atom stereocenters. The fourth-order valence-electron chi connectivity index (χ4n) is 4.46. The van der Waals surface area contributed by atoms with Crippen LogP contribution in [-0.4, -0.2) is 74.3 Å². The molecule has 3 aliphatic heterocycles. The summed E-state index contributed by atoms with van der Waals surface area (Å²) in [5.74, 6) is 1.12. The number of ether oxygens (including phenoxy) is 1. The number of likely N-dealkylation sites (tertiary alicyclic amines) is 2. The van der Waals surface area contributed by atoms with Crippen LogP contribution in [0.3, 0.4) is 0 Å². The van der Waals surface area contributed by atoms with Gasteiger partial charge in [0.1, 0.15) is 0 Å². The first-order valence-corrected chi connectivity index (χ1v) is 10.1. The summed E-state index contributed by atoms with van der Waals surface area (Å²) >= 11 is 0. The fourth-order valence-corrected chi connectivity index (χ4v) is 4.46. The minimum Gasteiger partial charge on any atom is -0.381 e. The van der Waals surface area contributed by atoms with Crippen LogP contribution in [-0.2, 0) is 4.74 Å². The summed E-state index contributed by atoms with van der Waals surface area (Å²) in [5, 5.41) is 3.50. The van der Waals surface area contributed by atoms with Crippen molar-refractivity contribution in [3.63, 3.8) is 0 Å². The van der Waals surface area contributed by atoms with Gasteiger partial charge in [0, 0.05) is 50.8 Å². The molecule has 25 heavy (non-hydrogen) atoms. The van der Waals surface area contributed by atoms with E-state index in [1.807, 2.05) is 0 Å². The van der Waals surface area contributed by atoms with Crippen molar-refractivity contribution < 1.29 is 4.74 Å². The van der Waals surface area contributed by atoms with E-state index in [1.54, 1.807) is 0 Å². The molecule has 3 aliphatic rings. The topological polar surface area (TPSA) is 40.1 Å². The number of rotatable bonds is 5. The van der Waals surface area contributed by atoms with Gasteiger partial charge in [0.15, 0.2) is 5.96 Å². The molecule has 0 aromatic carbocycles. The highest BCUT2D eigenvalue weighted by Crippen LogP contribution is 2.38. The Labute approximate surface area is 171 Å². The van der Waals surface area contributed by atoms with Crippen LogP contribution in [0.5, 0.6) is 0 Å². The summed E-state index contributed by atoms with van der Waals surface area (Å²) in [4.78, 5) is 10.0. The molecule has 0 saturated carbocycles. The van der Waals surface area contributed by atoms with Crippen molar-refractivity contribution in [2.45, 2.75) is 58.4 Å². The van der Waals surface area contributed by atoms with Gasteiger partial charge in [-0.05, 0) is 52.5 Å². The summed E-state index contributed by atoms with van der Waals surface area (Å²) in [6.45, 7) is 13.0. The Hall–Kier alpha value is -0.0800. The molecule has 3 rings (SSSR count). The monoisotopic (exact) mass is 464 g/mol. The number of guanidine groups is 1. The van der Waals surface area contributed by atoms with E-state index in [1.165, 1.54) is 51.6 Å². The molecule has 0 radical (unpaired) electrons. The van der Waals surface area contributed by atoms with E-state index in [2.05, 4.69) is 29.0 Å². The van der Waals surface area contributed by atoms with E-state index in [0.717, 1.165) is 51.4 Å². The first kappa shape index (κ1) is 21.2. The van der Waals surface area contributed by atoms with Gasteiger partial charge < -0.3 is 19.9 Å². The molecule has 3 saturated heterocycles. The van der Waals surface area contributed by atoms with Crippen LogP contribution in [0.25, 0.3) is 0 Å². The van der Waals surface area contributed by atoms with Crippen LogP contribution < -0.4 is 5.32 Å². The molecule has 0 bridgehead atoms. The van der Waals surface area contributed by atoms with Gasteiger partial charge in [-0.1, -0.05) is 6.42 Å². The molecule has 0 aromatic rings. The molecular formula is C19H37IN4O. The highest BCUT2D eigenvalue weighted by molar-refractivity contribution is 14.0. The van der Waals surface area contributed by atoms with Crippen molar-refractivity contribution in [2.75, 3.05) is 52.5 Å². The molecule has 1 spiro atoms. The number of halogens is 1. The first-order valence-electron chi connectivity index (χ1n) is 10.1. The predicted octanol–water partition coefficient (Wildman–Crippen LogP) is 2.95. The largest absolute Gasteiger partial charge is 0.381 e. The molecule has 0 amide bonds. The number of nitrogens with zero attached hydrogens (tertiary/aromatic N) is 3. The Morgan fingerprint density at radius 1 is 1.28 bits per heavy atom. The quantitative estimate of drug-likeness (QED) is 0.294. The van der Waals surface area contributed by atoms with E-state index >= 15 is 0 Å². The Morgan fingerprint density at radius 3 is 2.88 bits per heavy atom. The fraction of sp³-hybridized carbons (Fsp3) is 0.947. The van der Waals surface area contributed by atoms with Crippen molar-refractivity contribution in [1.29, 1.82) is 0 Å². The van der Waals surface area contributed by atoms with Crippen molar-refractivity contribution in [3.05, 3.63) is 0 Å². The smallest absolute Gasteiger partial charge is 0.193 e. The van der Waals surface area contributed by atoms with Gasteiger partial charge in [0.05, 0.1) is 6.61 Å². The van der Waals surface area contributed by atoms with E-state index in [0.29, 0.717) is 5.41 Å². The second-order valence-electron chi connectivity index (χ2n) is 7.94. The van der Waals surface area contributed by atoms with E-state index < -0.39 is 0 Å². The van der Waals surface area contributed by atoms with Crippen LogP contribution >= 0.6 is 24.0 Å². The van der Waals surface area contributed by atoms with Crippen LogP contribution in [0.1, 0.15) is 52.4 Å². The number of hydrogen-bond donors (Lipinski definition) is 1. The van der Waals surface area contributed by atoms with E-state index in [-0.39, 0.29) is 24.0 Å². The Morgan fingerprint density at radius 2 is 2.16 bits per heavy atom. The third kappa shape index (κ3) is 5.70. The van der Waals surface area contributed by atoms with Crippen LogP contribution in [0.2, 0.25) is 0 Å². The zero-order valence-corrected chi connectivity index (χ0v) is 18.5. The highest BCUT2D eigenvalue weighted by Gasteiger charge is 2.42. The molecule has 1 N–H and O–H groups in total. The third-order valence-corrected chi connectivity index (χ3v) is 6.06. The predicted molar refractivity (Wildman–Crippen MR) is 115 cm³/mol. The van der Waals surface area contributed by atoms with E-state index in [9.17, 15) is 0 Å². The van der Waals surface area contributed by atoms with Gasteiger partial charge in [-0.3, -0.25) is 4.99 Å². The van der Waals surface area contributed by atoms with E-state index in [4.69, 9.17) is 9.73 Å². The second kappa shape index (κ2) is 10.3. The first-order chi connectivity index (χ1) is 11.7. The minimum absolute atomic E-state index is 0. The number of aliphatic imine (C=N–C) groups is 1. The summed E-state index contributed by atoms with van der Waals surface area (Å²) < 4.78 is 5.65. The van der Waals surface area contributed by atoms with Crippen LogP contribution in [0, 0.1) is 5.41 Å². The molecule has 3 heterocycles. The van der Waals surface area contributed by atoms with Gasteiger partial charge in [-0.15, -0.1) is 24.0 Å². The molecule has 0 aliphatic carbocycles. The number of piperidine rings is 1. The average molecular weight is 464 g/mol. The van der Waals surface area contributed by atoms with Crippen LogP contribution in [0.15, 0.2) is 4.99 Å². The Bertz CT molecular complexity index is 426. The zero-order valence-electron chi connectivity index (χ0n) is 16.1. The van der Waals surface area contributed by atoms with Crippen molar-refractivity contribution in [3.8, 4) is 0 Å². The Kier molecular flexibility index (Phi) is 8.75. The normalized spacial score (nSPS) is 30.7. The van der Waals surface area contributed by atoms with Crippen molar-refractivity contribution in [1.82, 2.24) is 15.1 Å². The standard InChI is InChI=1S/C19H36N4O.HI/c1-3-20-18(23-13-8-19(15-23)9-14-24-16-19)21-10-6-12-22-11-5-4-7-17(22)2;/h17H,3-16H2,1-2H3,(H,20,21);1H. The van der Waals surface area contributed by atoms with Gasteiger partial charge >= 0.3 is 0 Å². The third-order valence-electron chi connectivity index (χ3n) is 6.06. The maximum absolute atomic E-state index is 5.65. The van der Waals surface area contributed by atoms with Gasteiger partial charge in [-0.25, -0.2) is 0 Å².